The van der Waals surface area contributed by atoms with E-state index < -0.39 is 0 Å². The van der Waals surface area contributed by atoms with E-state index in [-0.39, 0.29) is 0 Å². The third kappa shape index (κ3) is 36.6. The Balaban J connectivity index is 1.99. The van der Waals surface area contributed by atoms with Gasteiger partial charge in [-0.1, -0.05) is 271 Å². The van der Waals surface area contributed by atoms with Crippen LogP contribution in [0.2, 0.25) is 0 Å². The molecule has 0 N–H and O–H groups in total. The number of nitrogens with zero attached hydrogens (tertiary/aromatic N) is 3. The summed E-state index contributed by atoms with van der Waals surface area (Å²) in [5.74, 6) is 3.20. The van der Waals surface area contributed by atoms with Crippen molar-refractivity contribution in [1.29, 1.82) is 0 Å². The smallest absolute Gasteiger partial charge is 0.132 e. The van der Waals surface area contributed by atoms with E-state index in [1.807, 2.05) is 0 Å². The lowest BCUT2D eigenvalue weighted by Crippen LogP contribution is -2.08. The zero-order valence-electron chi connectivity index (χ0n) is 37.7. The minimum absolute atomic E-state index is 1.01. The minimum Gasteiger partial charge on any atom is -0.218 e. The number of rotatable bonds is 45. The van der Waals surface area contributed by atoms with Crippen molar-refractivity contribution in [1.82, 2.24) is 15.0 Å². The molecule has 1 heterocycles. The Kier molecular flexibility index (Phi) is 40.8. The summed E-state index contributed by atoms with van der Waals surface area (Å²) in [7, 11) is 0. The molecule has 1 aromatic rings. The van der Waals surface area contributed by atoms with Crippen molar-refractivity contribution in [3.63, 3.8) is 0 Å². The van der Waals surface area contributed by atoms with Crippen molar-refractivity contribution in [2.24, 2.45) is 0 Å². The summed E-state index contributed by atoms with van der Waals surface area (Å²) < 4.78 is 0. The van der Waals surface area contributed by atoms with Crippen molar-refractivity contribution >= 4 is 0 Å². The molecule has 1 aromatic heterocycles. The van der Waals surface area contributed by atoms with Gasteiger partial charge in [-0.05, 0) is 19.3 Å². The van der Waals surface area contributed by atoms with Gasteiger partial charge < -0.3 is 0 Å². The average Bonchev–Trinajstić information content (AvgIpc) is 3.18. The molecule has 0 radical (unpaired) electrons. The first-order valence-corrected chi connectivity index (χ1v) is 25.5. The van der Waals surface area contributed by atoms with Crippen molar-refractivity contribution in [2.75, 3.05) is 0 Å². The van der Waals surface area contributed by atoms with Crippen LogP contribution in [0.3, 0.4) is 0 Å². The van der Waals surface area contributed by atoms with Gasteiger partial charge in [-0.25, -0.2) is 15.0 Å². The third-order valence-corrected chi connectivity index (χ3v) is 12.0. The summed E-state index contributed by atoms with van der Waals surface area (Å²) in [4.78, 5) is 14.8. The number of hydrogen-bond acceptors (Lipinski definition) is 3. The predicted octanol–water partition coefficient (Wildman–Crippen LogP) is 17.9. The molecule has 0 aliphatic rings. The zero-order chi connectivity index (χ0) is 38.7. The first-order chi connectivity index (χ1) is 26.8. The molecule has 0 aliphatic carbocycles. The fourth-order valence-electron chi connectivity index (χ4n) is 8.27. The Labute approximate surface area is 341 Å². The fourth-order valence-corrected chi connectivity index (χ4v) is 8.27. The van der Waals surface area contributed by atoms with Gasteiger partial charge in [-0.3, -0.25) is 0 Å². The summed E-state index contributed by atoms with van der Waals surface area (Å²) in [6.45, 7) is 6.88. The van der Waals surface area contributed by atoms with Gasteiger partial charge in [0, 0.05) is 19.3 Å². The summed E-state index contributed by atoms with van der Waals surface area (Å²) in [6.07, 6.45) is 62.7. The molecule has 0 spiro atoms. The maximum Gasteiger partial charge on any atom is 0.132 e. The second-order valence-electron chi connectivity index (χ2n) is 17.6. The Morgan fingerprint density at radius 1 is 0.185 bits per heavy atom. The second kappa shape index (κ2) is 43.1. The number of aromatic nitrogens is 3. The normalized spacial score (nSPS) is 11.6. The van der Waals surface area contributed by atoms with Crippen LogP contribution in [0.4, 0.5) is 0 Å². The number of unbranched alkanes of at least 4 members (excludes halogenated alkanes) is 39. The van der Waals surface area contributed by atoms with Gasteiger partial charge >= 0.3 is 0 Å². The third-order valence-electron chi connectivity index (χ3n) is 12.0. The highest BCUT2D eigenvalue weighted by Gasteiger charge is 2.07. The maximum atomic E-state index is 4.96. The number of hydrogen-bond donors (Lipinski definition) is 0. The molecule has 0 bridgehead atoms. The van der Waals surface area contributed by atoms with E-state index >= 15 is 0 Å². The van der Waals surface area contributed by atoms with E-state index in [0.717, 1.165) is 36.7 Å². The molecular weight excluding hydrogens is 655 g/mol. The molecule has 0 fully saturated rings. The summed E-state index contributed by atoms with van der Waals surface area (Å²) in [6, 6.07) is 0. The van der Waals surface area contributed by atoms with Gasteiger partial charge in [0.05, 0.1) is 0 Å². The van der Waals surface area contributed by atoms with E-state index in [9.17, 15) is 0 Å². The minimum atomic E-state index is 1.01. The van der Waals surface area contributed by atoms with Gasteiger partial charge in [0.15, 0.2) is 0 Å². The van der Waals surface area contributed by atoms with E-state index in [0.29, 0.717) is 0 Å². The topological polar surface area (TPSA) is 38.7 Å². The number of aryl methyl sites for hydroxylation is 3. The van der Waals surface area contributed by atoms with Crippen molar-refractivity contribution in [3.8, 4) is 0 Å². The largest absolute Gasteiger partial charge is 0.218 e. The predicted molar refractivity (Wildman–Crippen MR) is 242 cm³/mol. The molecule has 0 saturated heterocycles. The fraction of sp³-hybridized carbons (Fsp3) is 0.941. The lowest BCUT2D eigenvalue weighted by molar-refractivity contribution is 0.520. The van der Waals surface area contributed by atoms with Crippen LogP contribution in [0, 0.1) is 0 Å². The summed E-state index contributed by atoms with van der Waals surface area (Å²) >= 11 is 0. The van der Waals surface area contributed by atoms with Crippen LogP contribution in [0.5, 0.6) is 0 Å². The molecule has 0 unspecified atom stereocenters. The molecule has 3 heteroatoms. The molecule has 1 rings (SSSR count). The molecule has 0 atom stereocenters. The second-order valence-corrected chi connectivity index (χ2v) is 17.6. The Bertz CT molecular complexity index is 791. The lowest BCUT2D eigenvalue weighted by Gasteiger charge is -2.08. The van der Waals surface area contributed by atoms with E-state index in [4.69, 9.17) is 15.0 Å². The zero-order valence-corrected chi connectivity index (χ0v) is 37.7. The van der Waals surface area contributed by atoms with Gasteiger partial charge in [0.1, 0.15) is 17.5 Å². The van der Waals surface area contributed by atoms with Crippen molar-refractivity contribution in [2.45, 2.75) is 310 Å². The van der Waals surface area contributed by atoms with Crippen LogP contribution in [-0.4, -0.2) is 15.0 Å². The Hall–Kier alpha value is -0.990. The van der Waals surface area contributed by atoms with Crippen LogP contribution in [0.1, 0.15) is 308 Å². The lowest BCUT2D eigenvalue weighted by atomic mass is 10.0. The molecule has 0 saturated carbocycles. The van der Waals surface area contributed by atoms with Crippen molar-refractivity contribution < 1.29 is 0 Å². The highest BCUT2D eigenvalue weighted by atomic mass is 15.0. The molecule has 0 aliphatic heterocycles. The average molecular weight is 754 g/mol. The summed E-state index contributed by atoms with van der Waals surface area (Å²) in [5.41, 5.74) is 0. The van der Waals surface area contributed by atoms with Crippen LogP contribution in [-0.2, 0) is 19.3 Å². The molecule has 0 aromatic carbocycles. The monoisotopic (exact) mass is 754 g/mol. The highest BCUT2D eigenvalue weighted by molar-refractivity contribution is 4.99. The first-order valence-electron chi connectivity index (χ1n) is 25.5. The molecule has 3 nitrogen and oxygen atoms in total. The summed E-state index contributed by atoms with van der Waals surface area (Å²) in [5, 5.41) is 0. The van der Waals surface area contributed by atoms with Crippen LogP contribution in [0.15, 0.2) is 0 Å². The Morgan fingerprint density at radius 3 is 0.519 bits per heavy atom. The van der Waals surface area contributed by atoms with Gasteiger partial charge in [0.2, 0.25) is 0 Å². The molecule has 54 heavy (non-hydrogen) atoms. The maximum absolute atomic E-state index is 4.96. The quantitative estimate of drug-likeness (QED) is 0.0623. The van der Waals surface area contributed by atoms with E-state index in [1.165, 1.54) is 270 Å². The van der Waals surface area contributed by atoms with Gasteiger partial charge in [0.25, 0.3) is 0 Å². The Morgan fingerprint density at radius 2 is 0.333 bits per heavy atom. The highest BCUT2D eigenvalue weighted by Crippen LogP contribution is 2.18. The van der Waals surface area contributed by atoms with Gasteiger partial charge in [-0.2, -0.15) is 0 Å². The van der Waals surface area contributed by atoms with Crippen LogP contribution >= 0.6 is 0 Å². The molecular formula is C51H99N3. The van der Waals surface area contributed by atoms with E-state index in [2.05, 4.69) is 20.8 Å². The van der Waals surface area contributed by atoms with Gasteiger partial charge in [-0.15, -0.1) is 0 Å². The standard InChI is InChI=1S/C51H99N3/c1-4-7-10-12-14-16-18-20-22-24-26-28-30-32-34-36-38-40-42-44-47-50-52-49(46-9-6-3)53-51(54-50)48-45-43-41-39-37-35-33-31-29-27-25-23-21-19-17-15-13-11-8-5-2/h4-48H2,1-3H3. The van der Waals surface area contributed by atoms with Crippen LogP contribution < -0.4 is 0 Å². The van der Waals surface area contributed by atoms with Crippen LogP contribution in [0.25, 0.3) is 0 Å². The first kappa shape index (κ1) is 51.0. The molecule has 0 amide bonds. The molecule has 318 valence electrons. The van der Waals surface area contributed by atoms with E-state index in [1.54, 1.807) is 0 Å². The van der Waals surface area contributed by atoms with Crippen molar-refractivity contribution in [3.05, 3.63) is 17.5 Å². The SMILES string of the molecule is CCCCCCCCCCCCCCCCCCCCCCc1nc(CCCC)nc(CCCCCCCCCCCCCCCCCCCCCC)n1.